The average molecular weight is 410 g/mol. The van der Waals surface area contributed by atoms with E-state index in [-0.39, 0.29) is 29.3 Å². The van der Waals surface area contributed by atoms with E-state index < -0.39 is 18.3 Å². The summed E-state index contributed by atoms with van der Waals surface area (Å²) >= 11 is 0. The van der Waals surface area contributed by atoms with Crippen molar-refractivity contribution < 1.29 is 36.6 Å². The summed E-state index contributed by atoms with van der Waals surface area (Å²) in [5.74, 6) is -1.31. The van der Waals surface area contributed by atoms with Crippen LogP contribution < -0.4 is 9.47 Å². The topological polar surface area (TPSA) is 44.8 Å². The van der Waals surface area contributed by atoms with Crippen molar-refractivity contribution in [2.45, 2.75) is 37.6 Å². The third-order valence-electron chi connectivity index (χ3n) is 5.34. The molecule has 0 spiro atoms. The zero-order chi connectivity index (χ0) is 20.8. The maximum Gasteiger partial charge on any atom is 0.573 e. The Morgan fingerprint density at radius 1 is 1.14 bits per heavy atom. The second-order valence-corrected chi connectivity index (χ2v) is 7.17. The lowest BCUT2D eigenvalue weighted by atomic mass is 10.1. The molecule has 8 heteroatoms. The maximum atomic E-state index is 14.5. The van der Waals surface area contributed by atoms with Crippen molar-refractivity contribution in [3.8, 4) is 11.5 Å². The summed E-state index contributed by atoms with van der Waals surface area (Å²) in [5, 5.41) is 0. The summed E-state index contributed by atoms with van der Waals surface area (Å²) in [4.78, 5) is 11.5. The summed E-state index contributed by atoms with van der Waals surface area (Å²) in [6.45, 7) is 0. The molecule has 1 fully saturated rings. The van der Waals surface area contributed by atoms with Crippen LogP contribution in [0, 0.1) is 11.7 Å². The van der Waals surface area contributed by atoms with Crippen LogP contribution in [0.4, 0.5) is 17.6 Å². The van der Waals surface area contributed by atoms with Gasteiger partial charge in [0, 0.05) is 17.5 Å². The van der Waals surface area contributed by atoms with Gasteiger partial charge in [-0.3, -0.25) is 4.79 Å². The van der Waals surface area contributed by atoms with Crippen molar-refractivity contribution in [2.24, 2.45) is 5.92 Å². The molecule has 0 aromatic heterocycles. The van der Waals surface area contributed by atoms with E-state index in [1.807, 2.05) is 0 Å². The molecule has 2 aromatic carbocycles. The van der Waals surface area contributed by atoms with E-state index in [9.17, 15) is 22.4 Å². The first-order valence-electron chi connectivity index (χ1n) is 9.18. The molecule has 4 rings (SSSR count). The van der Waals surface area contributed by atoms with Crippen LogP contribution in [0.25, 0.3) is 0 Å². The molecule has 3 atom stereocenters. The van der Waals surface area contributed by atoms with Crippen molar-refractivity contribution in [3.05, 3.63) is 58.9 Å². The smallest absolute Gasteiger partial charge is 0.486 e. The molecule has 2 aromatic rings. The van der Waals surface area contributed by atoms with E-state index in [0.29, 0.717) is 36.0 Å². The maximum absolute atomic E-state index is 14.5. The summed E-state index contributed by atoms with van der Waals surface area (Å²) in [6, 6.07) is 8.88. The molecule has 0 amide bonds. The van der Waals surface area contributed by atoms with E-state index in [4.69, 9.17) is 4.74 Å². The highest BCUT2D eigenvalue weighted by atomic mass is 19.4. The Morgan fingerprint density at radius 3 is 2.62 bits per heavy atom. The SMILES string of the molecule is COC(=O)C1CC1c1ccc(O[C@@H]2CCc3c(OC(F)(F)F)cccc32)cc1F. The largest absolute Gasteiger partial charge is 0.573 e. The van der Waals surface area contributed by atoms with Gasteiger partial charge in [0.25, 0.3) is 0 Å². The van der Waals surface area contributed by atoms with Gasteiger partial charge in [-0.2, -0.15) is 0 Å². The Kier molecular flexibility index (Phi) is 4.88. The minimum absolute atomic E-state index is 0.203. The number of esters is 1. The van der Waals surface area contributed by atoms with Crippen molar-refractivity contribution in [1.82, 2.24) is 0 Å². The standard InChI is InChI=1S/C21H18F4O4/c1-27-20(26)16-10-15(16)12-6-5-11(9-17(12)22)28-18-8-7-14-13(18)3-2-4-19(14)29-21(23,24)25/h2-6,9,15-16,18H,7-8,10H2,1H3/t15?,16?,18-/m1/s1. The minimum atomic E-state index is -4.77. The number of alkyl halides is 3. The van der Waals surface area contributed by atoms with E-state index >= 15 is 0 Å². The summed E-state index contributed by atoms with van der Waals surface area (Å²) < 4.78 is 66.9. The fourth-order valence-corrected chi connectivity index (χ4v) is 3.92. The van der Waals surface area contributed by atoms with Gasteiger partial charge in [-0.25, -0.2) is 4.39 Å². The van der Waals surface area contributed by atoms with Crippen LogP contribution in [0.3, 0.4) is 0 Å². The zero-order valence-electron chi connectivity index (χ0n) is 15.5. The van der Waals surface area contributed by atoms with E-state index in [2.05, 4.69) is 9.47 Å². The van der Waals surface area contributed by atoms with Crippen LogP contribution in [0.15, 0.2) is 36.4 Å². The average Bonchev–Trinajstić information content (AvgIpc) is 3.34. The highest BCUT2D eigenvalue weighted by Crippen LogP contribution is 2.49. The van der Waals surface area contributed by atoms with Gasteiger partial charge in [0.2, 0.25) is 0 Å². The Labute approximate surface area is 164 Å². The van der Waals surface area contributed by atoms with E-state index in [1.54, 1.807) is 18.2 Å². The first kappa shape index (κ1) is 19.5. The van der Waals surface area contributed by atoms with Crippen molar-refractivity contribution in [1.29, 1.82) is 0 Å². The molecule has 4 nitrogen and oxygen atoms in total. The second-order valence-electron chi connectivity index (χ2n) is 7.17. The number of benzene rings is 2. The molecule has 0 bridgehead atoms. The predicted molar refractivity (Wildman–Crippen MR) is 94.1 cm³/mol. The third-order valence-corrected chi connectivity index (χ3v) is 5.34. The number of halogens is 4. The molecule has 29 heavy (non-hydrogen) atoms. The van der Waals surface area contributed by atoms with Gasteiger partial charge < -0.3 is 14.2 Å². The summed E-state index contributed by atoms with van der Waals surface area (Å²) in [6.07, 6.45) is -3.88. The molecule has 0 radical (unpaired) electrons. The zero-order valence-corrected chi connectivity index (χ0v) is 15.5. The molecule has 0 saturated heterocycles. The van der Waals surface area contributed by atoms with Gasteiger partial charge >= 0.3 is 12.3 Å². The van der Waals surface area contributed by atoms with Crippen molar-refractivity contribution in [3.63, 3.8) is 0 Å². The number of rotatable bonds is 5. The Hall–Kier alpha value is -2.77. The molecule has 2 aliphatic rings. The normalized spacial score (nSPS) is 22.7. The lowest BCUT2D eigenvalue weighted by Crippen LogP contribution is -2.18. The number of fused-ring (bicyclic) bond motifs is 1. The molecule has 0 N–H and O–H groups in total. The van der Waals surface area contributed by atoms with Crippen LogP contribution in [0.1, 0.15) is 41.6 Å². The number of methoxy groups -OCH3 is 1. The van der Waals surface area contributed by atoms with Crippen LogP contribution in [-0.2, 0) is 16.0 Å². The molecule has 2 unspecified atom stereocenters. The van der Waals surface area contributed by atoms with Gasteiger partial charge in [0.15, 0.2) is 0 Å². The van der Waals surface area contributed by atoms with Gasteiger partial charge in [0.05, 0.1) is 13.0 Å². The first-order valence-corrected chi connectivity index (χ1v) is 9.18. The predicted octanol–water partition coefficient (Wildman–Crippen LogP) is 5.07. The van der Waals surface area contributed by atoms with Crippen LogP contribution in [-0.4, -0.2) is 19.4 Å². The van der Waals surface area contributed by atoms with Crippen LogP contribution in [0.2, 0.25) is 0 Å². The molecule has 0 aliphatic heterocycles. The van der Waals surface area contributed by atoms with E-state index in [0.717, 1.165) is 0 Å². The van der Waals surface area contributed by atoms with Gasteiger partial charge in [0.1, 0.15) is 23.4 Å². The fraction of sp³-hybridized carbons (Fsp3) is 0.381. The van der Waals surface area contributed by atoms with Crippen molar-refractivity contribution in [2.75, 3.05) is 7.11 Å². The summed E-state index contributed by atoms with van der Waals surface area (Å²) in [7, 11) is 1.30. The molecule has 2 aliphatic carbocycles. The number of hydrogen-bond donors (Lipinski definition) is 0. The lowest BCUT2D eigenvalue weighted by molar-refractivity contribution is -0.274. The molecular weight excluding hydrogens is 392 g/mol. The molecular formula is C21H18F4O4. The highest BCUT2D eigenvalue weighted by Gasteiger charge is 2.46. The lowest BCUT2D eigenvalue weighted by Gasteiger charge is -2.17. The van der Waals surface area contributed by atoms with Crippen LogP contribution >= 0.6 is 0 Å². The monoisotopic (exact) mass is 410 g/mol. The van der Waals surface area contributed by atoms with Crippen LogP contribution in [0.5, 0.6) is 11.5 Å². The number of hydrogen-bond acceptors (Lipinski definition) is 4. The van der Waals surface area contributed by atoms with Gasteiger partial charge in [-0.05, 0) is 42.5 Å². The quantitative estimate of drug-likeness (QED) is 0.510. The second kappa shape index (κ2) is 7.24. The number of ether oxygens (including phenoxy) is 3. The Balaban J connectivity index is 1.49. The molecule has 154 valence electrons. The minimum Gasteiger partial charge on any atom is -0.486 e. The van der Waals surface area contributed by atoms with Crippen molar-refractivity contribution >= 4 is 5.97 Å². The Morgan fingerprint density at radius 2 is 1.93 bits per heavy atom. The van der Waals surface area contributed by atoms with E-state index in [1.165, 1.54) is 25.3 Å². The Bertz CT molecular complexity index is 941. The molecule has 0 heterocycles. The number of carbonyl (C=O) groups is 1. The third kappa shape index (κ3) is 4.02. The fourth-order valence-electron chi connectivity index (χ4n) is 3.92. The van der Waals surface area contributed by atoms with Gasteiger partial charge in [-0.1, -0.05) is 18.2 Å². The number of carbonyl (C=O) groups excluding carboxylic acids is 1. The first-order chi connectivity index (χ1) is 13.8. The molecule has 1 saturated carbocycles. The highest BCUT2D eigenvalue weighted by molar-refractivity contribution is 5.77. The summed E-state index contributed by atoms with van der Waals surface area (Å²) in [5.41, 5.74) is 1.48. The van der Waals surface area contributed by atoms with Gasteiger partial charge in [-0.15, -0.1) is 13.2 Å².